The normalized spacial score (nSPS) is 21.2. The van der Waals surface area contributed by atoms with E-state index in [9.17, 15) is 9.90 Å². The molecule has 2 rings (SSSR count). The maximum Gasteiger partial charge on any atom is 0.319 e. The summed E-state index contributed by atoms with van der Waals surface area (Å²) in [5, 5.41) is 15.2. The van der Waals surface area contributed by atoms with Crippen molar-refractivity contribution < 1.29 is 14.6 Å². The summed E-state index contributed by atoms with van der Waals surface area (Å²) in [7, 11) is 0. The average molecular weight is 306 g/mol. The van der Waals surface area contributed by atoms with E-state index in [2.05, 4.69) is 10.6 Å². The van der Waals surface area contributed by atoms with Crippen LogP contribution in [-0.2, 0) is 0 Å². The first-order chi connectivity index (χ1) is 10.6. The van der Waals surface area contributed by atoms with Gasteiger partial charge in [0, 0.05) is 24.3 Å². The molecule has 1 aromatic rings. The Bertz CT molecular complexity index is 505. The number of anilines is 1. The van der Waals surface area contributed by atoms with Gasteiger partial charge < -0.3 is 20.5 Å². The molecule has 2 unspecified atom stereocenters. The van der Waals surface area contributed by atoms with E-state index in [1.807, 2.05) is 32.0 Å². The Kier molecular flexibility index (Phi) is 6.07. The molecule has 0 bridgehead atoms. The zero-order valence-corrected chi connectivity index (χ0v) is 13.4. The van der Waals surface area contributed by atoms with E-state index in [1.54, 1.807) is 0 Å². The Balaban J connectivity index is 1.92. The van der Waals surface area contributed by atoms with Crippen LogP contribution in [0.1, 0.15) is 38.2 Å². The lowest BCUT2D eigenvalue weighted by Crippen LogP contribution is -2.45. The largest absolute Gasteiger partial charge is 0.494 e. The number of ether oxygens (including phenoxy) is 1. The molecule has 5 heteroatoms. The Morgan fingerprint density at radius 2 is 2.14 bits per heavy atom. The molecule has 1 fully saturated rings. The van der Waals surface area contributed by atoms with Crippen LogP contribution in [0.15, 0.2) is 18.2 Å². The summed E-state index contributed by atoms with van der Waals surface area (Å²) in [6, 6.07) is 5.44. The van der Waals surface area contributed by atoms with Crippen molar-refractivity contribution in [1.29, 1.82) is 0 Å². The van der Waals surface area contributed by atoms with Gasteiger partial charge in [-0.05, 0) is 50.5 Å². The van der Waals surface area contributed by atoms with Crippen molar-refractivity contribution in [3.8, 4) is 5.75 Å². The molecule has 1 saturated carbocycles. The van der Waals surface area contributed by atoms with E-state index in [0.717, 1.165) is 42.7 Å². The van der Waals surface area contributed by atoms with E-state index in [-0.39, 0.29) is 24.6 Å². The van der Waals surface area contributed by atoms with Gasteiger partial charge in [0.25, 0.3) is 0 Å². The minimum Gasteiger partial charge on any atom is -0.494 e. The van der Waals surface area contributed by atoms with Crippen LogP contribution < -0.4 is 15.4 Å². The third-order valence-electron chi connectivity index (χ3n) is 4.19. The third-order valence-corrected chi connectivity index (χ3v) is 4.19. The lowest BCUT2D eigenvalue weighted by molar-refractivity contribution is 0.156. The highest BCUT2D eigenvalue weighted by atomic mass is 16.5. The second kappa shape index (κ2) is 8.03. The van der Waals surface area contributed by atoms with Gasteiger partial charge in [0.1, 0.15) is 5.75 Å². The topological polar surface area (TPSA) is 70.6 Å². The molecule has 0 saturated heterocycles. The summed E-state index contributed by atoms with van der Waals surface area (Å²) < 4.78 is 5.49. The lowest BCUT2D eigenvalue weighted by atomic mass is 9.85. The Morgan fingerprint density at radius 3 is 2.82 bits per heavy atom. The molecule has 3 N–H and O–H groups in total. The van der Waals surface area contributed by atoms with Gasteiger partial charge in [-0.25, -0.2) is 4.79 Å². The van der Waals surface area contributed by atoms with Gasteiger partial charge in [-0.3, -0.25) is 0 Å². The van der Waals surface area contributed by atoms with Gasteiger partial charge in [0.15, 0.2) is 0 Å². The lowest BCUT2D eigenvalue weighted by Gasteiger charge is -2.30. The quantitative estimate of drug-likeness (QED) is 0.783. The van der Waals surface area contributed by atoms with E-state index in [1.165, 1.54) is 0 Å². The number of benzene rings is 1. The molecule has 1 aromatic carbocycles. The monoisotopic (exact) mass is 306 g/mol. The number of aryl methyl sites for hydroxylation is 1. The van der Waals surface area contributed by atoms with Gasteiger partial charge >= 0.3 is 6.03 Å². The highest BCUT2D eigenvalue weighted by Crippen LogP contribution is 2.25. The molecule has 0 aromatic heterocycles. The molecule has 5 nitrogen and oxygen atoms in total. The number of urea groups is 1. The van der Waals surface area contributed by atoms with Crippen LogP contribution in [0.25, 0.3) is 0 Å². The zero-order valence-electron chi connectivity index (χ0n) is 13.4. The van der Waals surface area contributed by atoms with Crippen LogP contribution in [0, 0.1) is 12.8 Å². The summed E-state index contributed by atoms with van der Waals surface area (Å²) in [5.74, 6) is 1.00. The number of aliphatic hydroxyl groups excluding tert-OH is 1. The number of hydrogen-bond donors (Lipinski definition) is 3. The van der Waals surface area contributed by atoms with Crippen molar-refractivity contribution in [2.75, 3.05) is 18.5 Å². The van der Waals surface area contributed by atoms with Crippen LogP contribution >= 0.6 is 0 Å². The third kappa shape index (κ3) is 4.37. The molecule has 1 aliphatic rings. The average Bonchev–Trinajstić information content (AvgIpc) is 2.50. The van der Waals surface area contributed by atoms with E-state index in [0.29, 0.717) is 6.61 Å². The van der Waals surface area contributed by atoms with E-state index < -0.39 is 0 Å². The van der Waals surface area contributed by atoms with Gasteiger partial charge in [-0.15, -0.1) is 0 Å². The molecular formula is C17H26N2O3. The van der Waals surface area contributed by atoms with Crippen molar-refractivity contribution in [2.24, 2.45) is 5.92 Å². The SMILES string of the molecule is CCOc1ccc(NC(=O)NC2CCCCC2CO)cc1C. The molecule has 2 amide bonds. The standard InChI is InChI=1S/C17H26N2O3/c1-3-22-16-9-8-14(10-12(16)2)18-17(21)19-15-7-5-4-6-13(15)11-20/h8-10,13,15,20H,3-7,11H2,1-2H3,(H2,18,19,21). The van der Waals surface area contributed by atoms with Gasteiger partial charge in [0.05, 0.1) is 6.61 Å². The van der Waals surface area contributed by atoms with E-state index >= 15 is 0 Å². The first kappa shape index (κ1) is 16.6. The molecule has 0 radical (unpaired) electrons. The Hall–Kier alpha value is -1.75. The second-order valence-electron chi connectivity index (χ2n) is 5.85. The van der Waals surface area contributed by atoms with Crippen molar-refractivity contribution in [2.45, 2.75) is 45.6 Å². The van der Waals surface area contributed by atoms with Gasteiger partial charge in [-0.2, -0.15) is 0 Å². The fourth-order valence-electron chi connectivity index (χ4n) is 3.00. The maximum atomic E-state index is 12.1. The van der Waals surface area contributed by atoms with Crippen molar-refractivity contribution >= 4 is 11.7 Å². The fourth-order valence-corrected chi connectivity index (χ4v) is 3.00. The van der Waals surface area contributed by atoms with E-state index in [4.69, 9.17) is 4.74 Å². The number of carbonyl (C=O) groups is 1. The number of aliphatic hydroxyl groups is 1. The second-order valence-corrected chi connectivity index (χ2v) is 5.85. The van der Waals surface area contributed by atoms with Crippen molar-refractivity contribution in [3.05, 3.63) is 23.8 Å². The molecular weight excluding hydrogens is 280 g/mol. The summed E-state index contributed by atoms with van der Waals surface area (Å²) in [5.41, 5.74) is 1.74. The predicted molar refractivity (Wildman–Crippen MR) is 87.3 cm³/mol. The zero-order chi connectivity index (χ0) is 15.9. The number of nitrogens with one attached hydrogen (secondary N) is 2. The summed E-state index contributed by atoms with van der Waals surface area (Å²) in [6.45, 7) is 4.66. The van der Waals surface area contributed by atoms with Crippen LogP contribution in [0.3, 0.4) is 0 Å². The van der Waals surface area contributed by atoms with Crippen molar-refractivity contribution in [1.82, 2.24) is 5.32 Å². The summed E-state index contributed by atoms with van der Waals surface area (Å²) in [4.78, 5) is 12.1. The van der Waals surface area contributed by atoms with Crippen LogP contribution in [-0.4, -0.2) is 30.4 Å². The molecule has 0 heterocycles. The number of carbonyl (C=O) groups excluding carboxylic acids is 1. The first-order valence-corrected chi connectivity index (χ1v) is 8.06. The summed E-state index contributed by atoms with van der Waals surface area (Å²) in [6.07, 6.45) is 4.14. The molecule has 22 heavy (non-hydrogen) atoms. The molecule has 1 aliphatic carbocycles. The fraction of sp³-hybridized carbons (Fsp3) is 0.588. The number of amides is 2. The Labute approximate surface area is 132 Å². The highest BCUT2D eigenvalue weighted by molar-refractivity contribution is 5.89. The smallest absolute Gasteiger partial charge is 0.319 e. The minimum absolute atomic E-state index is 0.0579. The van der Waals surface area contributed by atoms with Crippen LogP contribution in [0.4, 0.5) is 10.5 Å². The highest BCUT2D eigenvalue weighted by Gasteiger charge is 2.25. The number of hydrogen-bond acceptors (Lipinski definition) is 3. The predicted octanol–water partition coefficient (Wildman–Crippen LogP) is 3.07. The molecule has 0 aliphatic heterocycles. The van der Waals surface area contributed by atoms with Crippen LogP contribution in [0.2, 0.25) is 0 Å². The van der Waals surface area contributed by atoms with Crippen molar-refractivity contribution in [3.63, 3.8) is 0 Å². The van der Waals surface area contributed by atoms with Crippen LogP contribution in [0.5, 0.6) is 5.75 Å². The van der Waals surface area contributed by atoms with Gasteiger partial charge in [0.2, 0.25) is 0 Å². The first-order valence-electron chi connectivity index (χ1n) is 8.06. The van der Waals surface area contributed by atoms with Gasteiger partial charge in [-0.1, -0.05) is 12.8 Å². The summed E-state index contributed by atoms with van der Waals surface area (Å²) >= 11 is 0. The molecule has 0 spiro atoms. The molecule has 2 atom stereocenters. The minimum atomic E-state index is -0.214. The Morgan fingerprint density at radius 1 is 1.36 bits per heavy atom. The molecule has 122 valence electrons. The maximum absolute atomic E-state index is 12.1. The number of rotatable bonds is 5.